The number of halogens is 1. The fourth-order valence-corrected chi connectivity index (χ4v) is 3.29. The molecule has 0 bridgehead atoms. The molecule has 26 heavy (non-hydrogen) atoms. The Balaban J connectivity index is 1.82. The number of anilines is 1. The maximum Gasteiger partial charge on any atom is 0.328 e. The lowest BCUT2D eigenvalue weighted by molar-refractivity contribution is -0.145. The Hall–Kier alpha value is -1.79. The van der Waals surface area contributed by atoms with E-state index in [4.69, 9.17) is 16.3 Å². The van der Waals surface area contributed by atoms with Gasteiger partial charge in [0.25, 0.3) is 0 Å². The van der Waals surface area contributed by atoms with Crippen LogP contribution in [0.5, 0.6) is 0 Å². The molecule has 1 aromatic rings. The van der Waals surface area contributed by atoms with Crippen molar-refractivity contribution in [3.05, 3.63) is 29.3 Å². The highest BCUT2D eigenvalue weighted by Gasteiger charge is 2.25. The van der Waals surface area contributed by atoms with Crippen molar-refractivity contribution >= 4 is 29.2 Å². The van der Waals surface area contributed by atoms with Gasteiger partial charge in [-0.1, -0.05) is 31.5 Å². The van der Waals surface area contributed by atoms with Gasteiger partial charge in [-0.05, 0) is 30.5 Å². The first-order valence-corrected chi connectivity index (χ1v) is 9.37. The lowest BCUT2D eigenvalue weighted by atomic mass is 10.0. The van der Waals surface area contributed by atoms with Crippen LogP contribution in [0.25, 0.3) is 0 Å². The molecule has 1 amide bonds. The van der Waals surface area contributed by atoms with Gasteiger partial charge in [-0.25, -0.2) is 4.79 Å². The van der Waals surface area contributed by atoms with Gasteiger partial charge in [0.2, 0.25) is 5.91 Å². The van der Waals surface area contributed by atoms with E-state index in [2.05, 4.69) is 15.1 Å². The minimum Gasteiger partial charge on any atom is -0.467 e. The minimum atomic E-state index is -0.583. The molecule has 0 aromatic heterocycles. The number of amides is 1. The van der Waals surface area contributed by atoms with Gasteiger partial charge >= 0.3 is 5.97 Å². The predicted octanol–water partition coefficient (Wildman–Crippen LogP) is 2.17. The Morgan fingerprint density at radius 3 is 2.50 bits per heavy atom. The van der Waals surface area contributed by atoms with Gasteiger partial charge in [-0.2, -0.15) is 0 Å². The average Bonchev–Trinajstić information content (AvgIpc) is 2.60. The van der Waals surface area contributed by atoms with Crippen LogP contribution in [-0.2, 0) is 14.3 Å². The zero-order valence-electron chi connectivity index (χ0n) is 15.7. The number of ether oxygens (including phenoxy) is 1. The molecular weight excluding hydrogens is 354 g/mol. The number of hydrogen-bond acceptors (Lipinski definition) is 5. The molecule has 1 heterocycles. The Kier molecular flexibility index (Phi) is 7.72. The van der Waals surface area contributed by atoms with Crippen LogP contribution in [0.15, 0.2) is 24.3 Å². The summed E-state index contributed by atoms with van der Waals surface area (Å²) in [6.45, 7) is 7.55. The monoisotopic (exact) mass is 381 g/mol. The summed E-state index contributed by atoms with van der Waals surface area (Å²) in [6, 6.07) is 7.22. The van der Waals surface area contributed by atoms with Crippen molar-refractivity contribution in [2.24, 2.45) is 5.92 Å². The summed E-state index contributed by atoms with van der Waals surface area (Å²) in [7, 11) is 1.34. The molecule has 144 valence electrons. The molecule has 1 aromatic carbocycles. The van der Waals surface area contributed by atoms with Crippen LogP contribution >= 0.6 is 11.6 Å². The van der Waals surface area contributed by atoms with Crippen molar-refractivity contribution in [1.82, 2.24) is 10.2 Å². The largest absolute Gasteiger partial charge is 0.467 e. The molecule has 6 nitrogen and oxygen atoms in total. The summed E-state index contributed by atoms with van der Waals surface area (Å²) in [6.07, 6.45) is 0.570. The molecular formula is C19H28ClN3O3. The van der Waals surface area contributed by atoms with E-state index in [-0.39, 0.29) is 12.5 Å². The maximum atomic E-state index is 12.3. The Morgan fingerprint density at radius 1 is 1.23 bits per heavy atom. The molecule has 1 aliphatic heterocycles. The number of hydrogen-bond donors (Lipinski definition) is 1. The molecule has 1 unspecified atom stereocenters. The molecule has 1 N–H and O–H groups in total. The van der Waals surface area contributed by atoms with E-state index in [1.165, 1.54) is 7.11 Å². The predicted molar refractivity (Wildman–Crippen MR) is 104 cm³/mol. The second-order valence-electron chi connectivity index (χ2n) is 7.02. The average molecular weight is 382 g/mol. The fourth-order valence-electron chi connectivity index (χ4n) is 3.11. The first kappa shape index (κ1) is 20.5. The Labute approximate surface area is 160 Å². The number of carbonyl (C=O) groups excluding carboxylic acids is 2. The summed E-state index contributed by atoms with van der Waals surface area (Å²) in [5.74, 6) is -0.240. The van der Waals surface area contributed by atoms with E-state index >= 15 is 0 Å². The van der Waals surface area contributed by atoms with Crippen LogP contribution in [0.3, 0.4) is 0 Å². The van der Waals surface area contributed by atoms with Gasteiger partial charge < -0.3 is 15.0 Å². The normalized spacial score (nSPS) is 16.4. The van der Waals surface area contributed by atoms with Gasteiger partial charge in [0.1, 0.15) is 6.04 Å². The van der Waals surface area contributed by atoms with Gasteiger partial charge in [-0.3, -0.25) is 9.69 Å². The summed E-state index contributed by atoms with van der Waals surface area (Å²) >= 11 is 6.06. The van der Waals surface area contributed by atoms with Gasteiger partial charge in [0.05, 0.1) is 13.7 Å². The highest BCUT2D eigenvalue weighted by Crippen LogP contribution is 2.20. The summed E-state index contributed by atoms with van der Waals surface area (Å²) in [5.41, 5.74) is 1.10. The standard InChI is InChI=1S/C19H28ClN3O3/c1-14(2)11-17(19(25)26-3)21-18(24)13-22-7-9-23(10-8-22)16-6-4-5-15(20)12-16/h4-6,12,14,17H,7-11,13H2,1-3H3,(H,21,24). The smallest absolute Gasteiger partial charge is 0.328 e. The number of methoxy groups -OCH3 is 1. The number of carbonyl (C=O) groups is 2. The number of benzene rings is 1. The maximum absolute atomic E-state index is 12.3. The molecule has 1 fully saturated rings. The lowest BCUT2D eigenvalue weighted by Gasteiger charge is -2.36. The molecule has 7 heteroatoms. The van der Waals surface area contributed by atoms with Crippen molar-refractivity contribution < 1.29 is 14.3 Å². The van der Waals surface area contributed by atoms with E-state index in [1.54, 1.807) is 0 Å². The lowest BCUT2D eigenvalue weighted by Crippen LogP contribution is -2.51. The van der Waals surface area contributed by atoms with Crippen LogP contribution in [-0.4, -0.2) is 62.7 Å². The molecule has 0 radical (unpaired) electrons. The van der Waals surface area contributed by atoms with Crippen molar-refractivity contribution in [2.45, 2.75) is 26.3 Å². The van der Waals surface area contributed by atoms with Crippen molar-refractivity contribution in [3.63, 3.8) is 0 Å². The highest BCUT2D eigenvalue weighted by molar-refractivity contribution is 6.30. The highest BCUT2D eigenvalue weighted by atomic mass is 35.5. The second kappa shape index (κ2) is 9.78. The first-order chi connectivity index (χ1) is 12.4. The van der Waals surface area contributed by atoms with E-state index < -0.39 is 12.0 Å². The van der Waals surface area contributed by atoms with Gasteiger partial charge in [0, 0.05) is 36.9 Å². The number of nitrogens with one attached hydrogen (secondary N) is 1. The van der Waals surface area contributed by atoms with E-state index in [9.17, 15) is 9.59 Å². The third-order valence-electron chi connectivity index (χ3n) is 4.44. The van der Waals surface area contributed by atoms with Gasteiger partial charge in [0.15, 0.2) is 0 Å². The number of esters is 1. The van der Waals surface area contributed by atoms with Crippen LogP contribution in [0, 0.1) is 5.92 Å². The molecule has 1 atom stereocenters. The van der Waals surface area contributed by atoms with Crippen LogP contribution < -0.4 is 10.2 Å². The summed E-state index contributed by atoms with van der Waals surface area (Å²) in [5, 5.41) is 3.54. The molecule has 0 aliphatic carbocycles. The van der Waals surface area contributed by atoms with Crippen LogP contribution in [0.2, 0.25) is 5.02 Å². The van der Waals surface area contributed by atoms with Crippen molar-refractivity contribution in [1.29, 1.82) is 0 Å². The second-order valence-corrected chi connectivity index (χ2v) is 7.45. The van der Waals surface area contributed by atoms with E-state index in [0.717, 1.165) is 36.9 Å². The van der Waals surface area contributed by atoms with Crippen molar-refractivity contribution in [2.75, 3.05) is 44.7 Å². The Morgan fingerprint density at radius 2 is 1.92 bits per heavy atom. The number of piperazine rings is 1. The van der Waals surface area contributed by atoms with E-state index in [1.807, 2.05) is 38.1 Å². The quantitative estimate of drug-likeness (QED) is 0.733. The molecule has 0 saturated carbocycles. The molecule has 1 aliphatic rings. The summed E-state index contributed by atoms with van der Waals surface area (Å²) in [4.78, 5) is 28.5. The third kappa shape index (κ3) is 6.18. The third-order valence-corrected chi connectivity index (χ3v) is 4.68. The van der Waals surface area contributed by atoms with Crippen LogP contribution in [0.1, 0.15) is 20.3 Å². The fraction of sp³-hybridized carbons (Fsp3) is 0.579. The zero-order chi connectivity index (χ0) is 19.1. The Bertz CT molecular complexity index is 616. The zero-order valence-corrected chi connectivity index (χ0v) is 16.5. The topological polar surface area (TPSA) is 61.9 Å². The molecule has 1 saturated heterocycles. The molecule has 2 rings (SSSR count). The van der Waals surface area contributed by atoms with Crippen molar-refractivity contribution in [3.8, 4) is 0 Å². The first-order valence-electron chi connectivity index (χ1n) is 8.99. The number of nitrogens with zero attached hydrogens (tertiary/aromatic N) is 2. The summed E-state index contributed by atoms with van der Waals surface area (Å²) < 4.78 is 4.79. The van der Waals surface area contributed by atoms with Gasteiger partial charge in [-0.15, -0.1) is 0 Å². The van der Waals surface area contributed by atoms with E-state index in [0.29, 0.717) is 12.3 Å². The SMILES string of the molecule is COC(=O)C(CC(C)C)NC(=O)CN1CCN(c2cccc(Cl)c2)CC1. The number of rotatable bonds is 7. The molecule has 0 spiro atoms. The minimum absolute atomic E-state index is 0.141. The van der Waals surface area contributed by atoms with Crippen LogP contribution in [0.4, 0.5) is 5.69 Å².